The first-order chi connectivity index (χ1) is 15.7. The number of unbranched alkanes of at least 4 members (excludes halogenated alkanes) is 2. The fourth-order valence-electron chi connectivity index (χ4n) is 3.46. The summed E-state index contributed by atoms with van der Waals surface area (Å²) < 4.78 is 1.86. The SMILES string of the molecule is Nc1nc2ccn(CCCCCc3ccc(C(=O)NC(CCC(=O)O)C(=O)O)s3)c2c(=O)[nH]1. The van der Waals surface area contributed by atoms with Crippen LogP contribution in [0.2, 0.25) is 0 Å². The number of aliphatic carboxylic acids is 2. The van der Waals surface area contributed by atoms with E-state index in [1.807, 2.05) is 16.8 Å². The van der Waals surface area contributed by atoms with E-state index in [9.17, 15) is 24.3 Å². The molecule has 0 spiro atoms. The Hall–Kier alpha value is -3.67. The summed E-state index contributed by atoms with van der Waals surface area (Å²) in [6, 6.07) is 3.99. The lowest BCUT2D eigenvalue weighted by Gasteiger charge is -2.12. The van der Waals surface area contributed by atoms with E-state index in [4.69, 9.17) is 10.8 Å². The molecule has 33 heavy (non-hydrogen) atoms. The molecule has 0 saturated heterocycles. The number of carbonyl (C=O) groups excluding carboxylic acids is 1. The van der Waals surface area contributed by atoms with Gasteiger partial charge in [-0.3, -0.25) is 19.4 Å². The van der Waals surface area contributed by atoms with Gasteiger partial charge >= 0.3 is 11.9 Å². The number of aromatic nitrogens is 3. The number of aryl methyl sites for hydroxylation is 2. The number of anilines is 1. The molecule has 3 rings (SSSR count). The van der Waals surface area contributed by atoms with Crippen molar-refractivity contribution < 1.29 is 24.6 Å². The topological polar surface area (TPSA) is 180 Å². The van der Waals surface area contributed by atoms with Gasteiger partial charge in [-0.1, -0.05) is 6.42 Å². The number of amides is 1. The molecule has 1 atom stereocenters. The van der Waals surface area contributed by atoms with Crippen LogP contribution in [0.1, 0.15) is 46.7 Å². The zero-order valence-electron chi connectivity index (χ0n) is 17.7. The van der Waals surface area contributed by atoms with E-state index >= 15 is 0 Å². The van der Waals surface area contributed by atoms with Gasteiger partial charge in [0.25, 0.3) is 11.5 Å². The summed E-state index contributed by atoms with van der Waals surface area (Å²) in [6.45, 7) is 0.670. The summed E-state index contributed by atoms with van der Waals surface area (Å²) in [7, 11) is 0. The minimum absolute atomic E-state index is 0.0907. The van der Waals surface area contributed by atoms with Gasteiger partial charge in [0.2, 0.25) is 5.95 Å². The normalized spacial score (nSPS) is 12.0. The number of carboxylic acid groups (broad SMARTS) is 2. The van der Waals surface area contributed by atoms with Crippen LogP contribution in [0.4, 0.5) is 5.95 Å². The van der Waals surface area contributed by atoms with Crippen LogP contribution in [0.3, 0.4) is 0 Å². The fraction of sp³-hybridized carbons (Fsp3) is 0.381. The van der Waals surface area contributed by atoms with Crippen LogP contribution in [-0.2, 0) is 22.6 Å². The maximum Gasteiger partial charge on any atom is 0.326 e. The molecule has 0 aliphatic rings. The van der Waals surface area contributed by atoms with E-state index in [1.54, 1.807) is 12.1 Å². The second-order valence-electron chi connectivity index (χ2n) is 7.57. The standard InChI is InChI=1S/C21H25N5O6S/c22-21-24-13-9-11-26(17(13)19(30)25-21)10-3-1-2-4-12-5-7-15(33-12)18(29)23-14(20(31)32)6-8-16(27)28/h5,7,9,11,14H,1-4,6,8,10H2,(H,23,29)(H,27,28)(H,31,32)(H3,22,24,25,30). The number of fused-ring (bicyclic) bond motifs is 1. The minimum atomic E-state index is -1.27. The van der Waals surface area contributed by atoms with Crippen LogP contribution in [0.5, 0.6) is 0 Å². The maximum atomic E-state index is 12.3. The minimum Gasteiger partial charge on any atom is -0.481 e. The third kappa shape index (κ3) is 6.42. The molecule has 0 radical (unpaired) electrons. The summed E-state index contributed by atoms with van der Waals surface area (Å²) in [5.41, 5.74) is 6.36. The van der Waals surface area contributed by atoms with Gasteiger partial charge in [-0.05, 0) is 43.9 Å². The van der Waals surface area contributed by atoms with E-state index in [-0.39, 0.29) is 24.3 Å². The average molecular weight is 476 g/mol. The zero-order valence-corrected chi connectivity index (χ0v) is 18.6. The van der Waals surface area contributed by atoms with Crippen LogP contribution in [0.25, 0.3) is 11.0 Å². The van der Waals surface area contributed by atoms with Gasteiger partial charge in [-0.15, -0.1) is 11.3 Å². The van der Waals surface area contributed by atoms with Gasteiger partial charge in [0.15, 0.2) is 0 Å². The second-order valence-corrected chi connectivity index (χ2v) is 8.74. The predicted octanol–water partition coefficient (Wildman–Crippen LogP) is 1.83. The zero-order chi connectivity index (χ0) is 24.0. The predicted molar refractivity (Wildman–Crippen MR) is 122 cm³/mol. The fourth-order valence-corrected chi connectivity index (χ4v) is 4.42. The average Bonchev–Trinajstić information content (AvgIpc) is 3.37. The van der Waals surface area contributed by atoms with Crippen molar-refractivity contribution in [2.24, 2.45) is 0 Å². The van der Waals surface area contributed by atoms with Crippen molar-refractivity contribution in [2.75, 3.05) is 5.73 Å². The number of carboxylic acids is 2. The number of nitrogen functional groups attached to an aromatic ring is 1. The molecule has 3 aromatic rings. The summed E-state index contributed by atoms with van der Waals surface area (Å²) in [5, 5.41) is 20.3. The largest absolute Gasteiger partial charge is 0.481 e. The Morgan fingerprint density at radius 1 is 1.18 bits per heavy atom. The van der Waals surface area contributed by atoms with E-state index in [2.05, 4.69) is 15.3 Å². The third-order valence-electron chi connectivity index (χ3n) is 5.10. The highest BCUT2D eigenvalue weighted by atomic mass is 32.1. The molecule has 3 heterocycles. The summed E-state index contributed by atoms with van der Waals surface area (Å²) in [5.74, 6) is -2.82. The molecule has 11 nitrogen and oxygen atoms in total. The first kappa shape index (κ1) is 24.0. The molecule has 12 heteroatoms. The lowest BCUT2D eigenvalue weighted by molar-refractivity contribution is -0.140. The van der Waals surface area contributed by atoms with Gasteiger partial charge in [-0.2, -0.15) is 0 Å². The second kappa shape index (κ2) is 10.8. The van der Waals surface area contributed by atoms with E-state index in [0.29, 0.717) is 22.5 Å². The van der Waals surface area contributed by atoms with Gasteiger partial charge in [0, 0.05) is 24.0 Å². The molecule has 3 aromatic heterocycles. The van der Waals surface area contributed by atoms with E-state index in [0.717, 1.165) is 30.6 Å². The Morgan fingerprint density at radius 3 is 2.70 bits per heavy atom. The molecule has 6 N–H and O–H groups in total. The lowest BCUT2D eigenvalue weighted by atomic mass is 10.1. The molecule has 0 bridgehead atoms. The van der Waals surface area contributed by atoms with Gasteiger partial charge < -0.3 is 25.8 Å². The number of rotatable bonds is 12. The molecule has 1 unspecified atom stereocenters. The number of nitrogens with one attached hydrogen (secondary N) is 2. The summed E-state index contributed by atoms with van der Waals surface area (Å²) in [6.07, 6.45) is 4.72. The number of hydrogen-bond donors (Lipinski definition) is 5. The van der Waals surface area contributed by atoms with E-state index < -0.39 is 23.9 Å². The Labute approximate surface area is 192 Å². The Morgan fingerprint density at radius 2 is 1.97 bits per heavy atom. The van der Waals surface area contributed by atoms with Gasteiger partial charge in [-0.25, -0.2) is 9.78 Å². The molecule has 1 amide bonds. The number of H-pyrrole nitrogens is 1. The number of carbonyl (C=O) groups is 3. The molecule has 0 saturated carbocycles. The first-order valence-corrected chi connectivity index (χ1v) is 11.2. The molecule has 0 aromatic carbocycles. The first-order valence-electron chi connectivity index (χ1n) is 10.4. The van der Waals surface area contributed by atoms with Gasteiger partial charge in [0.1, 0.15) is 11.6 Å². The van der Waals surface area contributed by atoms with Crippen molar-refractivity contribution in [1.82, 2.24) is 19.9 Å². The Balaban J connectivity index is 1.45. The highest BCUT2D eigenvalue weighted by molar-refractivity contribution is 7.14. The number of nitrogens with two attached hydrogens (primary N) is 1. The molecule has 0 fully saturated rings. The molecule has 176 valence electrons. The van der Waals surface area contributed by atoms with Crippen LogP contribution in [0, 0.1) is 0 Å². The highest BCUT2D eigenvalue weighted by Crippen LogP contribution is 2.20. The van der Waals surface area contributed by atoms with Gasteiger partial charge in [0.05, 0.1) is 10.4 Å². The Bertz CT molecular complexity index is 1210. The quantitative estimate of drug-likeness (QED) is 0.246. The molecular formula is C21H25N5O6S. The maximum absolute atomic E-state index is 12.3. The van der Waals surface area contributed by atoms with Crippen molar-refractivity contribution in [3.05, 3.63) is 44.5 Å². The number of nitrogens with zero attached hydrogens (tertiary/aromatic N) is 2. The van der Waals surface area contributed by atoms with Crippen molar-refractivity contribution >= 4 is 46.2 Å². The number of hydrogen-bond acceptors (Lipinski definition) is 7. The monoisotopic (exact) mass is 475 g/mol. The summed E-state index contributed by atoms with van der Waals surface area (Å²) in [4.78, 5) is 54.3. The molecule has 0 aliphatic carbocycles. The number of thiophene rings is 1. The van der Waals surface area contributed by atoms with Crippen LogP contribution in [0.15, 0.2) is 29.2 Å². The van der Waals surface area contributed by atoms with E-state index in [1.165, 1.54) is 11.3 Å². The lowest BCUT2D eigenvalue weighted by Crippen LogP contribution is -2.40. The molecule has 0 aliphatic heterocycles. The van der Waals surface area contributed by atoms with Crippen molar-refractivity contribution in [1.29, 1.82) is 0 Å². The van der Waals surface area contributed by atoms with Crippen LogP contribution in [-0.4, -0.2) is 48.6 Å². The van der Waals surface area contributed by atoms with Crippen molar-refractivity contribution in [2.45, 2.75) is 51.1 Å². The van der Waals surface area contributed by atoms with Crippen molar-refractivity contribution in [3.8, 4) is 0 Å². The van der Waals surface area contributed by atoms with Crippen LogP contribution < -0.4 is 16.6 Å². The molecular weight excluding hydrogens is 450 g/mol. The van der Waals surface area contributed by atoms with Crippen LogP contribution >= 0.6 is 11.3 Å². The summed E-state index contributed by atoms with van der Waals surface area (Å²) >= 11 is 1.29. The number of aromatic amines is 1. The van der Waals surface area contributed by atoms with Crippen molar-refractivity contribution in [3.63, 3.8) is 0 Å². The smallest absolute Gasteiger partial charge is 0.326 e. The highest BCUT2D eigenvalue weighted by Gasteiger charge is 2.22. The third-order valence-corrected chi connectivity index (χ3v) is 6.24. The Kier molecular flexibility index (Phi) is 7.83.